The van der Waals surface area contributed by atoms with Gasteiger partial charge in [0.1, 0.15) is 0 Å². The van der Waals surface area contributed by atoms with Crippen molar-refractivity contribution in [2.45, 2.75) is 44.6 Å². The number of hydrogen-bond acceptors (Lipinski definition) is 2. The minimum absolute atomic E-state index is 0. The molecule has 2 N–H and O–H groups in total. The summed E-state index contributed by atoms with van der Waals surface area (Å²) in [5.41, 5.74) is 5.82. The predicted molar refractivity (Wildman–Crippen MR) is 63.0 cm³/mol. The van der Waals surface area contributed by atoms with Crippen LogP contribution in [0.3, 0.4) is 0 Å². The third-order valence-electron chi connectivity index (χ3n) is 3.49. The first kappa shape index (κ1) is 12.8. The Bertz CT molecular complexity index is 210. The molecule has 0 bridgehead atoms. The van der Waals surface area contributed by atoms with Gasteiger partial charge in [-0.2, -0.15) is 0 Å². The van der Waals surface area contributed by atoms with E-state index in [9.17, 15) is 4.79 Å². The average molecular weight is 233 g/mol. The molecule has 1 aliphatic heterocycles. The molecular formula is C11H21ClN2O. The number of carbonyl (C=O) groups is 1. The lowest BCUT2D eigenvalue weighted by molar-refractivity contribution is -0.136. The van der Waals surface area contributed by atoms with E-state index in [2.05, 4.69) is 0 Å². The molecule has 88 valence electrons. The molecule has 1 amide bonds. The largest absolute Gasteiger partial charge is 0.342 e. The van der Waals surface area contributed by atoms with Crippen LogP contribution < -0.4 is 5.73 Å². The van der Waals surface area contributed by atoms with Gasteiger partial charge in [-0.3, -0.25) is 4.79 Å². The van der Waals surface area contributed by atoms with Gasteiger partial charge in [-0.05, 0) is 38.5 Å². The first-order chi connectivity index (χ1) is 6.77. The van der Waals surface area contributed by atoms with Crippen LogP contribution in [-0.4, -0.2) is 29.9 Å². The third kappa shape index (κ3) is 3.08. The van der Waals surface area contributed by atoms with Crippen LogP contribution in [0.1, 0.15) is 38.5 Å². The van der Waals surface area contributed by atoms with E-state index in [1.165, 1.54) is 19.3 Å². The normalized spacial score (nSPS) is 31.1. The second-order valence-corrected chi connectivity index (χ2v) is 4.66. The van der Waals surface area contributed by atoms with Gasteiger partial charge >= 0.3 is 0 Å². The molecule has 1 heterocycles. The fourth-order valence-electron chi connectivity index (χ4n) is 2.61. The first-order valence-corrected chi connectivity index (χ1v) is 5.82. The van der Waals surface area contributed by atoms with Gasteiger partial charge < -0.3 is 10.6 Å². The Morgan fingerprint density at radius 2 is 1.80 bits per heavy atom. The van der Waals surface area contributed by atoms with E-state index in [4.69, 9.17) is 5.73 Å². The van der Waals surface area contributed by atoms with Crippen LogP contribution in [0, 0.1) is 5.92 Å². The van der Waals surface area contributed by atoms with E-state index >= 15 is 0 Å². The maximum atomic E-state index is 12.0. The number of nitrogens with zero attached hydrogens (tertiary/aromatic N) is 1. The zero-order chi connectivity index (χ0) is 9.97. The molecule has 2 atom stereocenters. The minimum Gasteiger partial charge on any atom is -0.342 e. The standard InChI is InChI=1S/C11H20N2O.ClH/c12-10-5-4-9(8-10)11(14)13-6-2-1-3-7-13;/h9-10H,1-8,12H2;1H/t9-,10+;/m1./s1. The van der Waals surface area contributed by atoms with Crippen molar-refractivity contribution < 1.29 is 4.79 Å². The molecule has 1 saturated heterocycles. The molecule has 1 saturated carbocycles. The lowest BCUT2D eigenvalue weighted by Crippen LogP contribution is -2.39. The van der Waals surface area contributed by atoms with Crippen molar-refractivity contribution in [2.75, 3.05) is 13.1 Å². The van der Waals surface area contributed by atoms with Crippen molar-refractivity contribution in [3.8, 4) is 0 Å². The highest BCUT2D eigenvalue weighted by Crippen LogP contribution is 2.27. The fourth-order valence-corrected chi connectivity index (χ4v) is 2.61. The Kier molecular flexibility index (Phi) is 4.87. The van der Waals surface area contributed by atoms with Gasteiger partial charge in [0.2, 0.25) is 5.91 Å². The predicted octanol–water partition coefficient (Wildman–Crippen LogP) is 1.55. The van der Waals surface area contributed by atoms with Gasteiger partial charge in [0.05, 0.1) is 0 Å². The Hall–Kier alpha value is -0.280. The lowest BCUT2D eigenvalue weighted by Gasteiger charge is -2.29. The molecule has 0 radical (unpaired) electrons. The number of likely N-dealkylation sites (tertiary alicyclic amines) is 1. The Morgan fingerprint density at radius 1 is 1.13 bits per heavy atom. The van der Waals surface area contributed by atoms with Gasteiger partial charge in [0.15, 0.2) is 0 Å². The van der Waals surface area contributed by atoms with E-state index in [-0.39, 0.29) is 24.4 Å². The molecule has 0 unspecified atom stereocenters. The monoisotopic (exact) mass is 232 g/mol. The molecule has 2 fully saturated rings. The highest BCUT2D eigenvalue weighted by molar-refractivity contribution is 5.85. The van der Waals surface area contributed by atoms with Crippen LogP contribution >= 0.6 is 12.4 Å². The molecular weight excluding hydrogens is 212 g/mol. The van der Waals surface area contributed by atoms with Crippen molar-refractivity contribution in [1.29, 1.82) is 0 Å². The number of carbonyl (C=O) groups excluding carboxylic acids is 1. The van der Waals surface area contributed by atoms with E-state index in [0.717, 1.165) is 32.4 Å². The molecule has 0 aromatic carbocycles. The van der Waals surface area contributed by atoms with Gasteiger partial charge in [-0.15, -0.1) is 12.4 Å². The fraction of sp³-hybridized carbons (Fsp3) is 0.909. The summed E-state index contributed by atoms with van der Waals surface area (Å²) in [7, 11) is 0. The Balaban J connectivity index is 0.00000112. The summed E-state index contributed by atoms with van der Waals surface area (Å²) in [6, 6.07) is 0.272. The highest BCUT2D eigenvalue weighted by Gasteiger charge is 2.31. The summed E-state index contributed by atoms with van der Waals surface area (Å²) in [6.07, 6.45) is 6.61. The van der Waals surface area contributed by atoms with Crippen molar-refractivity contribution in [2.24, 2.45) is 11.7 Å². The second-order valence-electron chi connectivity index (χ2n) is 4.66. The lowest BCUT2D eigenvalue weighted by atomic mass is 10.0. The molecule has 15 heavy (non-hydrogen) atoms. The number of amides is 1. The van der Waals surface area contributed by atoms with E-state index in [0.29, 0.717) is 5.91 Å². The Labute approximate surface area is 97.8 Å². The maximum Gasteiger partial charge on any atom is 0.225 e. The topological polar surface area (TPSA) is 46.3 Å². The number of piperidine rings is 1. The van der Waals surface area contributed by atoms with Gasteiger partial charge in [-0.25, -0.2) is 0 Å². The van der Waals surface area contributed by atoms with Crippen molar-refractivity contribution in [3.05, 3.63) is 0 Å². The number of halogens is 1. The minimum atomic E-state index is 0. The zero-order valence-electron chi connectivity index (χ0n) is 9.15. The Morgan fingerprint density at radius 3 is 2.33 bits per heavy atom. The van der Waals surface area contributed by atoms with Crippen LogP contribution in [0.5, 0.6) is 0 Å². The summed E-state index contributed by atoms with van der Waals surface area (Å²) < 4.78 is 0. The molecule has 2 aliphatic rings. The van der Waals surface area contributed by atoms with Crippen LogP contribution in [0.2, 0.25) is 0 Å². The second kappa shape index (κ2) is 5.71. The van der Waals surface area contributed by atoms with E-state index in [1.807, 2.05) is 4.90 Å². The van der Waals surface area contributed by atoms with Crippen LogP contribution in [0.4, 0.5) is 0 Å². The average Bonchev–Trinajstić information content (AvgIpc) is 2.65. The van der Waals surface area contributed by atoms with Gasteiger partial charge in [0.25, 0.3) is 0 Å². The number of hydrogen-bond donors (Lipinski definition) is 1. The summed E-state index contributed by atoms with van der Waals surface area (Å²) in [5.74, 6) is 0.612. The molecule has 3 nitrogen and oxygen atoms in total. The van der Waals surface area contributed by atoms with E-state index in [1.54, 1.807) is 0 Å². The molecule has 0 aromatic heterocycles. The smallest absolute Gasteiger partial charge is 0.225 e. The molecule has 1 aliphatic carbocycles. The van der Waals surface area contributed by atoms with Crippen LogP contribution in [0.25, 0.3) is 0 Å². The van der Waals surface area contributed by atoms with Crippen molar-refractivity contribution in [1.82, 2.24) is 4.90 Å². The van der Waals surface area contributed by atoms with E-state index < -0.39 is 0 Å². The quantitative estimate of drug-likeness (QED) is 0.746. The summed E-state index contributed by atoms with van der Waals surface area (Å²) >= 11 is 0. The molecule has 4 heteroatoms. The van der Waals surface area contributed by atoms with Crippen LogP contribution in [-0.2, 0) is 4.79 Å². The van der Waals surface area contributed by atoms with Crippen LogP contribution in [0.15, 0.2) is 0 Å². The molecule has 0 spiro atoms. The molecule has 2 rings (SSSR count). The molecule has 0 aromatic rings. The zero-order valence-corrected chi connectivity index (χ0v) is 9.97. The summed E-state index contributed by atoms with van der Waals surface area (Å²) in [5, 5.41) is 0. The van der Waals surface area contributed by atoms with Gasteiger partial charge in [0, 0.05) is 25.0 Å². The number of nitrogens with two attached hydrogens (primary N) is 1. The third-order valence-corrected chi connectivity index (χ3v) is 3.49. The first-order valence-electron chi connectivity index (χ1n) is 5.82. The summed E-state index contributed by atoms with van der Waals surface area (Å²) in [4.78, 5) is 14.1. The van der Waals surface area contributed by atoms with Crippen molar-refractivity contribution in [3.63, 3.8) is 0 Å². The van der Waals surface area contributed by atoms with Gasteiger partial charge in [-0.1, -0.05) is 0 Å². The highest BCUT2D eigenvalue weighted by atomic mass is 35.5. The maximum absolute atomic E-state index is 12.0. The summed E-state index contributed by atoms with van der Waals surface area (Å²) in [6.45, 7) is 1.95. The SMILES string of the molecule is Cl.N[C@H]1CC[C@@H](C(=O)N2CCCCC2)C1. The van der Waals surface area contributed by atoms with Crippen molar-refractivity contribution >= 4 is 18.3 Å². The number of rotatable bonds is 1.